The molecule has 22 heteroatoms. The zero-order valence-electron chi connectivity index (χ0n) is 44.6. The first-order valence-electron chi connectivity index (χ1n) is 25.6. The number of nitrogens with one attached hydrogen (secondary N) is 6. The number of Topliss-reactive ketones (excluding diaryl/α,β-unsaturated/α-hetero) is 1. The van der Waals surface area contributed by atoms with Gasteiger partial charge in [0.25, 0.3) is 16.0 Å². The Balaban J connectivity index is 1.89. The first-order valence-corrected chi connectivity index (χ1v) is 27.0. The van der Waals surface area contributed by atoms with Crippen LogP contribution in [0.1, 0.15) is 102 Å². The molecule has 0 aliphatic carbocycles. The standard InChI is InChI=1S/C54H78FN9O11S/c1-8-37(6)23-24-64(25-26-65)33-48(66)59-44(22-19-38-15-11-9-12-16-38)51(69)61-46(28-36(4)5)52(70)62-47(29-39-17-13-10-14-18-39)53(71)60-45(27-35(2)3)49(67)54(7,72)34-75-76(73,74)41-20-21-43(55)42(30-41)50(68)58-32-40(31-56)63-57/h9-18,20-21,30-31,35-37,44-47,57,65,72H,8,19,22-29,32-34,56H2,1-7H3,(H,58,68)(H,59,66)(H,60,71)(H,61,69)(H,62,70)/b40-31-,63-57?/t37?,44-,45-,46-,47-,54?/m0/s1. The Hall–Kier alpha value is -6.46. The van der Waals surface area contributed by atoms with Crippen molar-refractivity contribution in [1.82, 2.24) is 31.5 Å². The van der Waals surface area contributed by atoms with Crippen LogP contribution >= 0.6 is 0 Å². The van der Waals surface area contributed by atoms with Gasteiger partial charge in [-0.2, -0.15) is 13.5 Å². The molecule has 0 bridgehead atoms. The highest BCUT2D eigenvalue weighted by Gasteiger charge is 2.40. The lowest BCUT2D eigenvalue weighted by Gasteiger charge is -2.30. The van der Waals surface area contributed by atoms with Crippen LogP contribution in [-0.2, 0) is 51.1 Å². The summed E-state index contributed by atoms with van der Waals surface area (Å²) in [6, 6.07) is 15.2. The van der Waals surface area contributed by atoms with Crippen molar-refractivity contribution in [2.75, 3.05) is 39.4 Å². The van der Waals surface area contributed by atoms with Crippen molar-refractivity contribution < 1.29 is 56.0 Å². The first-order chi connectivity index (χ1) is 35.9. The average molecular weight is 1080 g/mol. The van der Waals surface area contributed by atoms with Crippen LogP contribution in [0.3, 0.4) is 0 Å². The Labute approximate surface area is 446 Å². The van der Waals surface area contributed by atoms with E-state index < -0.39 is 98.1 Å². The summed E-state index contributed by atoms with van der Waals surface area (Å²) >= 11 is 0. The predicted octanol–water partition coefficient (Wildman–Crippen LogP) is 4.05. The number of carbonyl (C=O) groups is 6. The van der Waals surface area contributed by atoms with E-state index >= 15 is 0 Å². The molecule has 0 saturated heterocycles. The second-order valence-electron chi connectivity index (χ2n) is 20.0. The summed E-state index contributed by atoms with van der Waals surface area (Å²) in [6.07, 6.45) is 3.29. The van der Waals surface area contributed by atoms with E-state index in [2.05, 4.69) is 45.5 Å². The second kappa shape index (κ2) is 31.6. The summed E-state index contributed by atoms with van der Waals surface area (Å²) in [5.41, 5.74) is 10.6. The Morgan fingerprint density at radius 3 is 1.95 bits per heavy atom. The van der Waals surface area contributed by atoms with Gasteiger partial charge in [0.05, 0.1) is 41.9 Å². The molecule has 6 atom stereocenters. The maximum absolute atomic E-state index is 14.7. The molecule has 2 unspecified atom stereocenters. The van der Waals surface area contributed by atoms with Crippen molar-refractivity contribution in [1.29, 1.82) is 5.53 Å². The number of carbonyl (C=O) groups excluding carboxylic acids is 6. The van der Waals surface area contributed by atoms with Gasteiger partial charge in [-0.3, -0.25) is 37.9 Å². The molecule has 0 spiro atoms. The van der Waals surface area contributed by atoms with Crippen LogP contribution in [0.5, 0.6) is 0 Å². The monoisotopic (exact) mass is 1080 g/mol. The number of amides is 5. The lowest BCUT2D eigenvalue weighted by molar-refractivity contribution is -0.143. The van der Waals surface area contributed by atoms with Gasteiger partial charge >= 0.3 is 0 Å². The summed E-state index contributed by atoms with van der Waals surface area (Å²) < 4.78 is 46.6. The molecule has 0 aliphatic heterocycles. The maximum Gasteiger partial charge on any atom is 0.297 e. The third-order valence-corrected chi connectivity index (χ3v) is 13.8. The molecule has 10 N–H and O–H groups in total. The highest BCUT2D eigenvalue weighted by molar-refractivity contribution is 7.86. The van der Waals surface area contributed by atoms with Gasteiger partial charge in [-0.25, -0.2) is 9.92 Å². The van der Waals surface area contributed by atoms with E-state index in [0.29, 0.717) is 36.6 Å². The van der Waals surface area contributed by atoms with Crippen LogP contribution in [0.15, 0.2) is 101 Å². The molecule has 0 radical (unpaired) electrons. The highest BCUT2D eigenvalue weighted by Crippen LogP contribution is 2.22. The third kappa shape index (κ3) is 21.6. The topological polar surface area (TPSA) is 312 Å². The van der Waals surface area contributed by atoms with Crippen molar-refractivity contribution in [3.63, 3.8) is 0 Å². The molecular formula is C54H78FN9O11S. The number of nitrogens with zero attached hydrogens (tertiary/aromatic N) is 2. The van der Waals surface area contributed by atoms with Gasteiger partial charge in [-0.1, -0.05) is 109 Å². The lowest BCUT2D eigenvalue weighted by atomic mass is 9.90. The van der Waals surface area contributed by atoms with E-state index in [1.165, 1.54) is 0 Å². The zero-order chi connectivity index (χ0) is 56.6. The zero-order valence-corrected chi connectivity index (χ0v) is 45.5. The summed E-state index contributed by atoms with van der Waals surface area (Å²) in [5.74, 6) is -5.87. The summed E-state index contributed by atoms with van der Waals surface area (Å²) in [6.45, 7) is 11.4. The van der Waals surface area contributed by atoms with Gasteiger partial charge in [-0.05, 0) is 92.7 Å². The number of ketones is 1. The van der Waals surface area contributed by atoms with Crippen LogP contribution in [0.2, 0.25) is 0 Å². The highest BCUT2D eigenvalue weighted by atomic mass is 32.2. The number of aliphatic hydroxyl groups is 2. The fourth-order valence-electron chi connectivity index (χ4n) is 7.91. The van der Waals surface area contributed by atoms with Gasteiger partial charge in [0.15, 0.2) is 5.78 Å². The molecule has 0 aliphatic rings. The van der Waals surface area contributed by atoms with Gasteiger partial charge in [0.1, 0.15) is 36.2 Å². The van der Waals surface area contributed by atoms with Crippen LogP contribution in [0.4, 0.5) is 4.39 Å². The van der Waals surface area contributed by atoms with Crippen LogP contribution in [-0.4, -0.2) is 128 Å². The minimum atomic E-state index is -4.87. The number of aliphatic hydroxyl groups excluding tert-OH is 1. The Kier molecular flexibility index (Phi) is 26.5. The number of nitrogens with two attached hydrogens (primary N) is 1. The summed E-state index contributed by atoms with van der Waals surface area (Å²) in [7, 11) is -4.87. The van der Waals surface area contributed by atoms with E-state index in [1.807, 2.05) is 49.1 Å². The molecule has 418 valence electrons. The SMILES string of the molecule is CCC(C)CCN(CCO)CC(=O)N[C@@H](CCc1ccccc1)C(=O)N[C@@H](CC(C)C)C(=O)N[C@@H](Cc1ccccc1)C(=O)N[C@@H](CC(C)C)C(=O)C(C)(O)COS(=O)(=O)c1ccc(F)c(C(=O)NC/C(=C/N)N=N)c1. The minimum Gasteiger partial charge on any atom is -0.403 e. The molecular weight excluding hydrogens is 1000 g/mol. The molecule has 20 nitrogen and oxygen atoms in total. The quantitative estimate of drug-likeness (QED) is 0.0302. The Morgan fingerprint density at radius 1 is 0.803 bits per heavy atom. The van der Waals surface area contributed by atoms with Crippen molar-refractivity contribution in [3.8, 4) is 0 Å². The van der Waals surface area contributed by atoms with E-state index in [-0.39, 0.29) is 69.5 Å². The Bertz CT molecular complexity index is 2530. The smallest absolute Gasteiger partial charge is 0.297 e. The van der Waals surface area contributed by atoms with Crippen molar-refractivity contribution in [2.24, 2.45) is 28.6 Å². The van der Waals surface area contributed by atoms with Crippen LogP contribution in [0, 0.1) is 29.1 Å². The molecule has 3 aromatic carbocycles. The number of rotatable bonds is 34. The summed E-state index contributed by atoms with van der Waals surface area (Å²) in [4.78, 5) is 84.9. The summed E-state index contributed by atoms with van der Waals surface area (Å²) in [5, 5.41) is 37.8. The molecule has 76 heavy (non-hydrogen) atoms. The molecule has 0 heterocycles. The molecule has 3 rings (SSSR count). The van der Waals surface area contributed by atoms with Crippen molar-refractivity contribution >= 4 is 45.4 Å². The number of benzene rings is 3. The molecule has 5 amide bonds. The molecule has 0 saturated carbocycles. The number of hydrogen-bond donors (Lipinski definition) is 9. The van der Waals surface area contributed by atoms with E-state index in [0.717, 1.165) is 37.6 Å². The normalized spacial score (nSPS) is 14.7. The lowest BCUT2D eigenvalue weighted by Crippen LogP contribution is -2.60. The first kappa shape index (κ1) is 63.8. The fraction of sp³-hybridized carbons (Fsp3) is 0.519. The predicted molar refractivity (Wildman–Crippen MR) is 284 cm³/mol. The number of hydrogen-bond acceptors (Lipinski definition) is 15. The Morgan fingerprint density at radius 2 is 1.37 bits per heavy atom. The largest absolute Gasteiger partial charge is 0.403 e. The van der Waals surface area contributed by atoms with Crippen LogP contribution < -0.4 is 32.3 Å². The van der Waals surface area contributed by atoms with Crippen LogP contribution in [0.25, 0.3) is 0 Å². The van der Waals surface area contributed by atoms with E-state index in [1.54, 1.807) is 44.2 Å². The second-order valence-corrected chi connectivity index (χ2v) is 21.6. The molecule has 0 aromatic heterocycles. The number of halogens is 1. The van der Waals surface area contributed by atoms with Gasteiger partial charge < -0.3 is 42.5 Å². The van der Waals surface area contributed by atoms with Gasteiger partial charge in [0, 0.05) is 19.2 Å². The third-order valence-electron chi connectivity index (χ3n) is 12.5. The average Bonchev–Trinajstić information content (AvgIpc) is 3.38. The number of aryl methyl sites for hydroxylation is 1. The van der Waals surface area contributed by atoms with Gasteiger partial charge in [-0.15, -0.1) is 0 Å². The minimum absolute atomic E-state index is 0.0534. The van der Waals surface area contributed by atoms with Gasteiger partial charge in [0.2, 0.25) is 23.6 Å². The maximum atomic E-state index is 14.7. The molecule has 3 aromatic rings. The van der Waals surface area contributed by atoms with E-state index in [4.69, 9.17) is 15.4 Å². The molecule has 0 fully saturated rings. The fourth-order valence-corrected chi connectivity index (χ4v) is 8.93. The van der Waals surface area contributed by atoms with E-state index in [9.17, 15) is 51.8 Å². The van der Waals surface area contributed by atoms with Crippen molar-refractivity contribution in [3.05, 3.63) is 113 Å². The van der Waals surface area contributed by atoms with Crippen molar-refractivity contribution in [2.45, 2.75) is 128 Å².